The van der Waals surface area contributed by atoms with Gasteiger partial charge in [0.15, 0.2) is 0 Å². The van der Waals surface area contributed by atoms with Crippen molar-refractivity contribution in [2.24, 2.45) is 0 Å². The first-order valence-corrected chi connectivity index (χ1v) is 9.65. The zero-order chi connectivity index (χ0) is 18.8. The summed E-state index contributed by atoms with van der Waals surface area (Å²) in [5.74, 6) is 0.000107. The lowest BCUT2D eigenvalue weighted by molar-refractivity contribution is -0.120. The van der Waals surface area contributed by atoms with Gasteiger partial charge in [-0.1, -0.05) is 18.2 Å². The van der Waals surface area contributed by atoms with Crippen LogP contribution in [-0.4, -0.2) is 34.0 Å². The summed E-state index contributed by atoms with van der Waals surface area (Å²) < 4.78 is 44.6. The zero-order valence-electron chi connectivity index (χ0n) is 14.2. The Kier molecular flexibility index (Phi) is 7.55. The van der Waals surface area contributed by atoms with E-state index in [4.69, 9.17) is 4.74 Å². The highest BCUT2D eigenvalue weighted by Crippen LogP contribution is 2.09. The lowest BCUT2D eigenvalue weighted by Crippen LogP contribution is -2.31. The van der Waals surface area contributed by atoms with Gasteiger partial charge in [0.2, 0.25) is 15.9 Å². The average Bonchev–Trinajstić information content (AvgIpc) is 2.62. The van der Waals surface area contributed by atoms with Gasteiger partial charge in [0, 0.05) is 19.5 Å². The number of nitrogens with one attached hydrogen (secondary N) is 2. The number of carbonyl (C=O) groups excluding carboxylic acids is 1. The van der Waals surface area contributed by atoms with Gasteiger partial charge in [-0.15, -0.1) is 0 Å². The molecule has 8 heteroatoms. The number of para-hydroxylation sites is 1. The molecule has 0 aliphatic heterocycles. The third-order valence-electron chi connectivity index (χ3n) is 3.42. The average molecular weight is 380 g/mol. The third-order valence-corrected chi connectivity index (χ3v) is 4.90. The number of rotatable bonds is 10. The number of carbonyl (C=O) groups is 1. The number of hydrogen-bond donors (Lipinski definition) is 2. The molecule has 0 unspecified atom stereocenters. The van der Waals surface area contributed by atoms with E-state index in [1.807, 2.05) is 30.3 Å². The van der Waals surface area contributed by atoms with Gasteiger partial charge in [0.1, 0.15) is 11.6 Å². The molecule has 0 saturated carbocycles. The minimum absolute atomic E-state index is 0.0139. The molecule has 0 aliphatic carbocycles. The molecule has 0 aliphatic rings. The molecule has 0 saturated heterocycles. The molecule has 0 atom stereocenters. The van der Waals surface area contributed by atoms with Gasteiger partial charge in [-0.3, -0.25) is 4.79 Å². The standard InChI is InChI=1S/C18H21FN2O4S/c19-15-7-9-17(10-8-15)26(23,24)21-13-11-18(22)20-12-4-14-25-16-5-2-1-3-6-16/h1-3,5-10,21H,4,11-14H2,(H,20,22). The highest BCUT2D eigenvalue weighted by molar-refractivity contribution is 7.89. The van der Waals surface area contributed by atoms with Crippen LogP contribution in [0.5, 0.6) is 5.75 Å². The summed E-state index contributed by atoms with van der Waals surface area (Å²) in [7, 11) is -3.75. The zero-order valence-corrected chi connectivity index (χ0v) is 15.0. The van der Waals surface area contributed by atoms with Crippen molar-refractivity contribution in [2.45, 2.75) is 17.7 Å². The van der Waals surface area contributed by atoms with Gasteiger partial charge in [-0.25, -0.2) is 17.5 Å². The Bertz CT molecular complexity index is 796. The second kappa shape index (κ2) is 9.88. The molecule has 2 N–H and O–H groups in total. The fourth-order valence-electron chi connectivity index (χ4n) is 2.09. The number of hydrogen-bond acceptors (Lipinski definition) is 4. The van der Waals surface area contributed by atoms with Crippen LogP contribution in [0.4, 0.5) is 4.39 Å². The number of ether oxygens (including phenoxy) is 1. The van der Waals surface area contributed by atoms with E-state index >= 15 is 0 Å². The summed E-state index contributed by atoms with van der Waals surface area (Å²) in [6, 6.07) is 13.8. The molecule has 1 amide bonds. The molecule has 6 nitrogen and oxygen atoms in total. The number of amides is 1. The van der Waals surface area contributed by atoms with Crippen molar-refractivity contribution in [1.82, 2.24) is 10.0 Å². The molecule has 2 aromatic rings. The van der Waals surface area contributed by atoms with Crippen molar-refractivity contribution in [1.29, 1.82) is 0 Å². The van der Waals surface area contributed by atoms with Crippen molar-refractivity contribution in [3.63, 3.8) is 0 Å². The van der Waals surface area contributed by atoms with Crippen LogP contribution >= 0.6 is 0 Å². The lowest BCUT2D eigenvalue weighted by Gasteiger charge is -2.08. The third kappa shape index (κ3) is 6.81. The molecule has 26 heavy (non-hydrogen) atoms. The Balaban J connectivity index is 1.60. The summed E-state index contributed by atoms with van der Waals surface area (Å²) in [5, 5.41) is 2.70. The van der Waals surface area contributed by atoms with Crippen molar-refractivity contribution in [3.05, 3.63) is 60.4 Å². The SMILES string of the molecule is O=C(CCNS(=O)(=O)c1ccc(F)cc1)NCCCOc1ccccc1. The Hall–Kier alpha value is -2.45. The van der Waals surface area contributed by atoms with Crippen LogP contribution in [0.2, 0.25) is 0 Å². The molecule has 0 aromatic heterocycles. The van der Waals surface area contributed by atoms with Gasteiger partial charge in [0.05, 0.1) is 11.5 Å². The highest BCUT2D eigenvalue weighted by Gasteiger charge is 2.14. The maximum atomic E-state index is 12.8. The van der Waals surface area contributed by atoms with Crippen LogP contribution < -0.4 is 14.8 Å². The van der Waals surface area contributed by atoms with Gasteiger partial charge in [0.25, 0.3) is 0 Å². The van der Waals surface area contributed by atoms with E-state index in [2.05, 4.69) is 10.0 Å². The molecule has 0 heterocycles. The van der Waals surface area contributed by atoms with Crippen LogP contribution in [0, 0.1) is 5.82 Å². The second-order valence-electron chi connectivity index (χ2n) is 5.47. The maximum Gasteiger partial charge on any atom is 0.240 e. The molecule has 0 fully saturated rings. The Morgan fingerprint density at radius 3 is 2.38 bits per heavy atom. The smallest absolute Gasteiger partial charge is 0.240 e. The summed E-state index contributed by atoms with van der Waals surface area (Å²) in [6.07, 6.45) is 0.655. The Morgan fingerprint density at radius 2 is 1.69 bits per heavy atom. The summed E-state index contributed by atoms with van der Waals surface area (Å²) in [5.41, 5.74) is 0. The number of halogens is 1. The Labute approximate surface area is 152 Å². The van der Waals surface area contributed by atoms with E-state index in [9.17, 15) is 17.6 Å². The van der Waals surface area contributed by atoms with Crippen LogP contribution in [0.25, 0.3) is 0 Å². The second-order valence-corrected chi connectivity index (χ2v) is 7.23. The van der Waals surface area contributed by atoms with Crippen molar-refractivity contribution in [2.75, 3.05) is 19.7 Å². The van der Waals surface area contributed by atoms with Gasteiger partial charge < -0.3 is 10.1 Å². The van der Waals surface area contributed by atoms with Crippen LogP contribution in [-0.2, 0) is 14.8 Å². The molecule has 2 rings (SSSR count). The first-order valence-electron chi connectivity index (χ1n) is 8.17. The molecule has 0 bridgehead atoms. The van der Waals surface area contributed by atoms with Crippen molar-refractivity contribution in [3.8, 4) is 5.75 Å². The van der Waals surface area contributed by atoms with E-state index in [1.165, 1.54) is 12.1 Å². The Morgan fingerprint density at radius 1 is 1.00 bits per heavy atom. The monoisotopic (exact) mass is 380 g/mol. The van der Waals surface area contributed by atoms with Crippen molar-refractivity contribution >= 4 is 15.9 Å². The van der Waals surface area contributed by atoms with Crippen LogP contribution in [0.1, 0.15) is 12.8 Å². The predicted molar refractivity (Wildman–Crippen MR) is 95.8 cm³/mol. The highest BCUT2D eigenvalue weighted by atomic mass is 32.2. The first kappa shape index (κ1) is 19.9. The summed E-state index contributed by atoms with van der Waals surface area (Å²) in [6.45, 7) is 0.879. The fraction of sp³-hybridized carbons (Fsp3) is 0.278. The largest absolute Gasteiger partial charge is 0.494 e. The van der Waals surface area contributed by atoms with Gasteiger partial charge in [-0.05, 0) is 42.8 Å². The van der Waals surface area contributed by atoms with E-state index in [0.29, 0.717) is 19.6 Å². The fourth-order valence-corrected chi connectivity index (χ4v) is 3.12. The summed E-state index contributed by atoms with van der Waals surface area (Å²) in [4.78, 5) is 11.7. The van der Waals surface area contributed by atoms with E-state index in [0.717, 1.165) is 17.9 Å². The number of benzene rings is 2. The molecule has 2 aromatic carbocycles. The molecule has 0 spiro atoms. The van der Waals surface area contributed by atoms with Crippen LogP contribution in [0.15, 0.2) is 59.5 Å². The molecular formula is C18H21FN2O4S. The van der Waals surface area contributed by atoms with E-state index in [1.54, 1.807) is 0 Å². The minimum Gasteiger partial charge on any atom is -0.494 e. The van der Waals surface area contributed by atoms with E-state index < -0.39 is 15.8 Å². The first-order chi connectivity index (χ1) is 12.5. The van der Waals surface area contributed by atoms with Gasteiger partial charge in [-0.2, -0.15) is 0 Å². The molecular weight excluding hydrogens is 359 g/mol. The van der Waals surface area contributed by atoms with Gasteiger partial charge >= 0.3 is 0 Å². The minimum atomic E-state index is -3.75. The molecule has 0 radical (unpaired) electrons. The predicted octanol–water partition coefficient (Wildman–Crippen LogP) is 2.08. The van der Waals surface area contributed by atoms with Crippen molar-refractivity contribution < 1.29 is 22.3 Å². The van der Waals surface area contributed by atoms with Crippen LogP contribution in [0.3, 0.4) is 0 Å². The van der Waals surface area contributed by atoms with E-state index in [-0.39, 0.29) is 23.8 Å². The lowest BCUT2D eigenvalue weighted by atomic mass is 10.3. The topological polar surface area (TPSA) is 84.5 Å². The maximum absolute atomic E-state index is 12.8. The quantitative estimate of drug-likeness (QED) is 0.618. The molecule has 140 valence electrons. The summed E-state index contributed by atoms with van der Waals surface area (Å²) >= 11 is 0. The number of sulfonamides is 1. The normalized spacial score (nSPS) is 11.1.